The van der Waals surface area contributed by atoms with Gasteiger partial charge in [-0.1, -0.05) is 67.8 Å². The van der Waals surface area contributed by atoms with Crippen LogP contribution in [0.4, 0.5) is 11.4 Å². The van der Waals surface area contributed by atoms with Gasteiger partial charge < -0.3 is 29.7 Å². The number of hydrogen-bond donors (Lipinski definition) is 3. The second-order valence-corrected chi connectivity index (χ2v) is 18.9. The number of carbonyl (C=O) groups is 4. The highest BCUT2D eigenvalue weighted by Gasteiger charge is 2.29. The molecule has 0 radical (unpaired) electrons. The van der Waals surface area contributed by atoms with Crippen LogP contribution in [0.2, 0.25) is 0 Å². The molecule has 0 saturated heterocycles. The Balaban J connectivity index is 1.29. The number of nitrogens with zero attached hydrogens (tertiary/aromatic N) is 7. The van der Waals surface area contributed by atoms with E-state index in [1.165, 1.54) is 18.3 Å². The molecule has 6 aromatic heterocycles. The zero-order chi connectivity index (χ0) is 53.2. The summed E-state index contributed by atoms with van der Waals surface area (Å²) in [6, 6.07) is 21.7. The van der Waals surface area contributed by atoms with Crippen LogP contribution in [0.25, 0.3) is 66.8 Å². The van der Waals surface area contributed by atoms with Crippen molar-refractivity contribution in [2.75, 3.05) is 10.6 Å². The normalized spacial score (nSPS) is 11.4. The first kappa shape index (κ1) is 50.7. The molecule has 380 valence electrons. The minimum atomic E-state index is -0.515. The molecule has 0 fully saturated rings. The fourth-order valence-corrected chi connectivity index (χ4v) is 9.41. The zero-order valence-corrected chi connectivity index (χ0v) is 43.2. The number of fused-ring (bicyclic) bond motifs is 2. The molecule has 0 atom stereocenters. The monoisotopic (exact) mass is 1000 g/mol. The van der Waals surface area contributed by atoms with E-state index in [4.69, 9.17) is 29.6 Å². The van der Waals surface area contributed by atoms with Crippen LogP contribution in [0.15, 0.2) is 129 Å². The summed E-state index contributed by atoms with van der Waals surface area (Å²) in [6.07, 6.45) is 12.3. The molecule has 3 aromatic carbocycles. The Bertz CT molecular complexity index is 3720. The fourth-order valence-electron chi connectivity index (χ4n) is 9.41. The predicted molar refractivity (Wildman–Crippen MR) is 292 cm³/mol. The average Bonchev–Trinajstić information content (AvgIpc) is 4.22. The van der Waals surface area contributed by atoms with Gasteiger partial charge in [0.25, 0.3) is 0 Å². The first-order valence-electron chi connectivity index (χ1n) is 24.7. The number of anilines is 2. The van der Waals surface area contributed by atoms with Gasteiger partial charge in [-0.3, -0.25) is 19.0 Å². The van der Waals surface area contributed by atoms with Gasteiger partial charge >= 0.3 is 11.9 Å². The lowest BCUT2D eigenvalue weighted by molar-refractivity contribution is -0.112. The maximum absolute atomic E-state index is 13.8. The van der Waals surface area contributed by atoms with Gasteiger partial charge in [-0.25, -0.2) is 19.6 Å². The standard InChI is InChI=1S/C59H58N10O6/c1-11-48(70)64-46-23-40(20-19-35(46)8)53-51-37(10)45(59(73)75-34(6)7)28-61-57(51)69(55(53)43-26-62-67(13-3)31-43)32-41-22-21-39(24-47(41)65-49(71)12-2)52-50-36(9)44(58(72)74-33(4)5)27-60-56(50)66-54(52)42-25-63-68(30-42)29-38-17-15-14-16-18-38/h11-12,14-28,30-31,33-34H,1-2,13,29,32H2,3-10H3,(H,60,66)(H,64,70)(H,65,71). The summed E-state index contributed by atoms with van der Waals surface area (Å²) in [5.41, 5.74) is 12.5. The van der Waals surface area contributed by atoms with Crippen molar-refractivity contribution in [2.45, 2.75) is 87.2 Å². The third-order valence-corrected chi connectivity index (χ3v) is 13.0. The number of benzene rings is 3. The number of rotatable bonds is 17. The van der Waals surface area contributed by atoms with Crippen LogP contribution in [0, 0.1) is 20.8 Å². The third kappa shape index (κ3) is 10.1. The Labute approximate surface area is 434 Å². The average molecular weight is 1000 g/mol. The highest BCUT2D eigenvalue weighted by Crippen LogP contribution is 2.46. The molecule has 0 aliphatic carbocycles. The van der Waals surface area contributed by atoms with Crippen LogP contribution >= 0.6 is 0 Å². The molecule has 9 aromatic rings. The minimum absolute atomic E-state index is 0.156. The van der Waals surface area contributed by atoms with Crippen molar-refractivity contribution < 1.29 is 28.7 Å². The van der Waals surface area contributed by atoms with Crippen molar-refractivity contribution in [2.24, 2.45) is 0 Å². The van der Waals surface area contributed by atoms with Gasteiger partial charge in [0.05, 0.1) is 60.2 Å². The molecule has 16 nitrogen and oxygen atoms in total. The van der Waals surface area contributed by atoms with E-state index in [1.54, 1.807) is 46.3 Å². The van der Waals surface area contributed by atoms with E-state index in [-0.39, 0.29) is 24.7 Å². The summed E-state index contributed by atoms with van der Waals surface area (Å²) < 4.78 is 17.2. The third-order valence-electron chi connectivity index (χ3n) is 13.0. The summed E-state index contributed by atoms with van der Waals surface area (Å²) in [5.74, 6) is -1.82. The number of amides is 2. The smallest absolute Gasteiger partial charge is 0.340 e. The van der Waals surface area contributed by atoms with Crippen molar-refractivity contribution in [1.29, 1.82) is 0 Å². The molecule has 2 amide bonds. The summed E-state index contributed by atoms with van der Waals surface area (Å²) in [7, 11) is 0. The molecular formula is C59H58N10O6. The van der Waals surface area contributed by atoms with Crippen molar-refractivity contribution in [1.82, 2.24) is 39.1 Å². The Kier molecular flexibility index (Phi) is 14.3. The van der Waals surface area contributed by atoms with Crippen LogP contribution in [-0.4, -0.2) is 75.0 Å². The lowest BCUT2D eigenvalue weighted by Crippen LogP contribution is -2.14. The van der Waals surface area contributed by atoms with Crippen molar-refractivity contribution in [3.8, 4) is 44.8 Å². The Hall–Kier alpha value is -9.18. The highest BCUT2D eigenvalue weighted by atomic mass is 16.5. The number of carbonyl (C=O) groups excluding carboxylic acids is 4. The predicted octanol–water partition coefficient (Wildman–Crippen LogP) is 11.4. The van der Waals surface area contributed by atoms with Crippen molar-refractivity contribution in [3.05, 3.63) is 168 Å². The molecule has 9 rings (SSSR count). The summed E-state index contributed by atoms with van der Waals surface area (Å²) in [5, 5.41) is 16.9. The first-order chi connectivity index (χ1) is 36.1. The first-order valence-corrected chi connectivity index (χ1v) is 24.7. The maximum Gasteiger partial charge on any atom is 0.340 e. The zero-order valence-electron chi connectivity index (χ0n) is 43.2. The van der Waals surface area contributed by atoms with Crippen LogP contribution in [-0.2, 0) is 38.7 Å². The molecule has 0 saturated carbocycles. The van der Waals surface area contributed by atoms with Gasteiger partial charge in [0.1, 0.15) is 11.3 Å². The van der Waals surface area contributed by atoms with E-state index in [2.05, 4.69) is 33.3 Å². The number of aryl methyl sites for hydroxylation is 4. The highest BCUT2D eigenvalue weighted by molar-refractivity contribution is 6.10. The minimum Gasteiger partial charge on any atom is -0.459 e. The molecule has 0 aliphatic rings. The van der Waals surface area contributed by atoms with Crippen LogP contribution in [0.5, 0.6) is 0 Å². The van der Waals surface area contributed by atoms with E-state index < -0.39 is 17.8 Å². The topological polar surface area (TPSA) is 193 Å². The van der Waals surface area contributed by atoms with Gasteiger partial charge in [0.15, 0.2) is 0 Å². The SMILES string of the molecule is C=CC(=O)Nc1cc(-c2c(-c3cnn(CC)c3)n(Cc3ccc(-c4c(-c5cnn(Cc6ccccc6)c5)[nH]c5ncc(C(=O)OC(C)C)c(C)c45)cc3NC(=O)C=C)c3ncc(C(=O)OC(C)C)c(C)c23)ccc1C. The molecule has 3 N–H and O–H groups in total. The van der Waals surface area contributed by atoms with Gasteiger partial charge in [-0.15, -0.1) is 0 Å². The molecule has 0 bridgehead atoms. The second-order valence-electron chi connectivity index (χ2n) is 18.9. The lowest BCUT2D eigenvalue weighted by Gasteiger charge is -2.17. The van der Waals surface area contributed by atoms with Crippen LogP contribution in [0.3, 0.4) is 0 Å². The molecule has 75 heavy (non-hydrogen) atoms. The number of ether oxygens (including phenoxy) is 2. The van der Waals surface area contributed by atoms with Gasteiger partial charge in [-0.2, -0.15) is 10.2 Å². The number of H-pyrrole nitrogens is 1. The van der Waals surface area contributed by atoms with E-state index in [9.17, 15) is 19.2 Å². The van der Waals surface area contributed by atoms with E-state index >= 15 is 0 Å². The largest absolute Gasteiger partial charge is 0.459 e. The van der Waals surface area contributed by atoms with E-state index in [0.717, 1.165) is 44.6 Å². The Morgan fingerprint density at radius 2 is 1.25 bits per heavy atom. The van der Waals surface area contributed by atoms with Gasteiger partial charge in [-0.05, 0) is 119 Å². The fraction of sp³-hybridized carbons (Fsp3) is 0.220. The number of pyridine rings is 2. The Morgan fingerprint density at radius 1 is 0.667 bits per heavy atom. The quantitative estimate of drug-likeness (QED) is 0.0584. The number of esters is 2. The van der Waals surface area contributed by atoms with E-state index in [0.29, 0.717) is 85.6 Å². The molecule has 0 spiro atoms. The van der Waals surface area contributed by atoms with E-state index in [1.807, 2.05) is 116 Å². The van der Waals surface area contributed by atoms with Gasteiger partial charge in [0, 0.05) is 75.7 Å². The summed E-state index contributed by atoms with van der Waals surface area (Å²) in [4.78, 5) is 67.1. The Morgan fingerprint density at radius 3 is 1.91 bits per heavy atom. The number of nitrogens with one attached hydrogen (secondary N) is 3. The second kappa shape index (κ2) is 21.1. The molecule has 0 unspecified atom stereocenters. The number of hydrogen-bond acceptors (Lipinski definition) is 10. The lowest BCUT2D eigenvalue weighted by atomic mass is 9.94. The van der Waals surface area contributed by atoms with Crippen molar-refractivity contribution >= 4 is 57.2 Å². The molecule has 0 aliphatic heterocycles. The summed E-state index contributed by atoms with van der Waals surface area (Å²) >= 11 is 0. The number of aromatic amines is 1. The van der Waals surface area contributed by atoms with Crippen molar-refractivity contribution in [3.63, 3.8) is 0 Å². The van der Waals surface area contributed by atoms with Crippen LogP contribution in [0.1, 0.15) is 83.2 Å². The molecular weight excluding hydrogens is 945 g/mol. The van der Waals surface area contributed by atoms with Crippen LogP contribution < -0.4 is 10.6 Å². The van der Waals surface area contributed by atoms with Gasteiger partial charge in [0.2, 0.25) is 11.8 Å². The molecule has 16 heteroatoms. The maximum atomic E-state index is 13.8. The summed E-state index contributed by atoms with van der Waals surface area (Å²) in [6.45, 7) is 23.6. The molecule has 6 heterocycles. The number of aromatic nitrogens is 8.